The van der Waals surface area contributed by atoms with Crippen molar-refractivity contribution in [3.63, 3.8) is 0 Å². The number of rotatable bonds is 10. The molecule has 0 aliphatic carbocycles. The first-order chi connectivity index (χ1) is 13.5. The maximum Gasteiger partial charge on any atom is 0.251 e. The molecule has 6 heteroatoms. The van der Waals surface area contributed by atoms with Crippen molar-refractivity contribution in [3.05, 3.63) is 59.7 Å². The molecular formula is C22H26N2O4. The third kappa shape index (κ3) is 6.54. The molecule has 0 aliphatic heterocycles. The highest BCUT2D eigenvalue weighted by Crippen LogP contribution is 2.15. The molecule has 6 nitrogen and oxygen atoms in total. The monoisotopic (exact) mass is 382 g/mol. The summed E-state index contributed by atoms with van der Waals surface area (Å²) in [5, 5.41) is 5.44. The molecule has 2 aromatic carbocycles. The summed E-state index contributed by atoms with van der Waals surface area (Å²) < 4.78 is 5.49. The number of anilines is 1. The van der Waals surface area contributed by atoms with E-state index in [4.69, 9.17) is 4.74 Å². The molecule has 0 aliphatic rings. The summed E-state index contributed by atoms with van der Waals surface area (Å²) in [5.74, 6) is 0.154. The molecule has 0 fully saturated rings. The van der Waals surface area contributed by atoms with Gasteiger partial charge in [-0.15, -0.1) is 0 Å². The minimum absolute atomic E-state index is 0.0678. The van der Waals surface area contributed by atoms with Crippen LogP contribution in [0.5, 0.6) is 5.75 Å². The van der Waals surface area contributed by atoms with Crippen molar-refractivity contribution >= 4 is 23.3 Å². The Balaban J connectivity index is 1.86. The third-order valence-electron chi connectivity index (χ3n) is 3.97. The lowest BCUT2D eigenvalue weighted by Gasteiger charge is -2.08. The molecule has 2 rings (SSSR count). The Morgan fingerprint density at radius 3 is 2.36 bits per heavy atom. The first kappa shape index (κ1) is 21.2. The van der Waals surface area contributed by atoms with Crippen molar-refractivity contribution in [1.29, 1.82) is 0 Å². The Bertz CT molecular complexity index is 816. The fourth-order valence-corrected chi connectivity index (χ4v) is 2.55. The van der Waals surface area contributed by atoms with Crippen LogP contribution in [0.2, 0.25) is 0 Å². The molecule has 2 aromatic rings. The van der Waals surface area contributed by atoms with Crippen molar-refractivity contribution < 1.29 is 19.1 Å². The highest BCUT2D eigenvalue weighted by atomic mass is 16.5. The van der Waals surface area contributed by atoms with Crippen LogP contribution in [-0.2, 0) is 4.79 Å². The van der Waals surface area contributed by atoms with E-state index in [-0.39, 0.29) is 30.4 Å². The lowest BCUT2D eigenvalue weighted by atomic mass is 10.1. The number of nitrogens with one attached hydrogen (secondary N) is 2. The van der Waals surface area contributed by atoms with Gasteiger partial charge in [0, 0.05) is 36.2 Å². The number of carbonyl (C=O) groups excluding carboxylic acids is 3. The predicted octanol–water partition coefficient (Wildman–Crippen LogP) is 3.83. The molecule has 0 atom stereocenters. The molecule has 0 heterocycles. The second-order valence-electron chi connectivity index (χ2n) is 6.28. The van der Waals surface area contributed by atoms with Gasteiger partial charge in [0.2, 0.25) is 5.91 Å². The molecule has 0 radical (unpaired) electrons. The van der Waals surface area contributed by atoms with Gasteiger partial charge in [0.1, 0.15) is 5.75 Å². The van der Waals surface area contributed by atoms with Crippen LogP contribution in [0.15, 0.2) is 48.5 Å². The molecule has 148 valence electrons. The second-order valence-corrected chi connectivity index (χ2v) is 6.28. The molecule has 0 saturated heterocycles. The van der Waals surface area contributed by atoms with Gasteiger partial charge >= 0.3 is 0 Å². The van der Waals surface area contributed by atoms with Crippen LogP contribution in [-0.4, -0.2) is 30.7 Å². The van der Waals surface area contributed by atoms with E-state index in [0.717, 1.165) is 12.2 Å². The van der Waals surface area contributed by atoms with Gasteiger partial charge in [-0.1, -0.05) is 13.0 Å². The molecule has 0 unspecified atom stereocenters. The Hall–Kier alpha value is -3.15. The fraction of sp³-hybridized carbons (Fsp3) is 0.318. The minimum atomic E-state index is -0.274. The molecular weight excluding hydrogens is 356 g/mol. The molecule has 0 aromatic heterocycles. The predicted molar refractivity (Wildman–Crippen MR) is 109 cm³/mol. The summed E-state index contributed by atoms with van der Waals surface area (Å²) in [5.41, 5.74) is 1.55. The Morgan fingerprint density at radius 2 is 1.68 bits per heavy atom. The normalized spacial score (nSPS) is 10.2. The van der Waals surface area contributed by atoms with E-state index in [1.807, 2.05) is 13.8 Å². The van der Waals surface area contributed by atoms with Crippen molar-refractivity contribution in [3.8, 4) is 5.75 Å². The molecule has 0 bridgehead atoms. The number of hydrogen-bond donors (Lipinski definition) is 2. The zero-order chi connectivity index (χ0) is 20.4. The van der Waals surface area contributed by atoms with E-state index in [2.05, 4.69) is 10.6 Å². The van der Waals surface area contributed by atoms with Gasteiger partial charge in [-0.25, -0.2) is 0 Å². The quantitative estimate of drug-likeness (QED) is 0.612. The standard InChI is InChI=1S/C22H26N2O4/c1-3-14-28-19-10-8-16(9-11-19)20(25)12-13-21(26)24-18-7-5-6-17(15-18)22(27)23-4-2/h5-11,15H,3-4,12-14H2,1-2H3,(H,23,27)(H,24,26). The highest BCUT2D eigenvalue weighted by Gasteiger charge is 2.11. The topological polar surface area (TPSA) is 84.5 Å². The number of amides is 2. The second kappa shape index (κ2) is 10.9. The summed E-state index contributed by atoms with van der Waals surface area (Å²) in [6.45, 7) is 5.03. The largest absolute Gasteiger partial charge is 0.494 e. The molecule has 0 spiro atoms. The third-order valence-corrected chi connectivity index (χ3v) is 3.97. The van der Waals surface area contributed by atoms with Crippen molar-refractivity contribution in [1.82, 2.24) is 5.32 Å². The summed E-state index contributed by atoms with van der Waals surface area (Å²) in [4.78, 5) is 36.3. The van der Waals surface area contributed by atoms with E-state index >= 15 is 0 Å². The Labute approximate surface area is 165 Å². The zero-order valence-corrected chi connectivity index (χ0v) is 16.3. The lowest BCUT2D eigenvalue weighted by molar-refractivity contribution is -0.116. The number of ether oxygens (including phenoxy) is 1. The van der Waals surface area contributed by atoms with Gasteiger partial charge in [-0.05, 0) is 55.8 Å². The lowest BCUT2D eigenvalue weighted by Crippen LogP contribution is -2.22. The van der Waals surface area contributed by atoms with E-state index in [1.54, 1.807) is 48.5 Å². The first-order valence-corrected chi connectivity index (χ1v) is 9.47. The van der Waals surface area contributed by atoms with Crippen LogP contribution in [0.3, 0.4) is 0 Å². The molecule has 2 amide bonds. The molecule has 0 saturated carbocycles. The van der Waals surface area contributed by atoms with Crippen molar-refractivity contribution in [2.75, 3.05) is 18.5 Å². The van der Waals surface area contributed by atoms with Gasteiger partial charge in [0.25, 0.3) is 5.91 Å². The van der Waals surface area contributed by atoms with E-state index in [0.29, 0.717) is 30.0 Å². The summed E-state index contributed by atoms with van der Waals surface area (Å²) in [7, 11) is 0. The van der Waals surface area contributed by atoms with Crippen LogP contribution < -0.4 is 15.4 Å². The van der Waals surface area contributed by atoms with Crippen molar-refractivity contribution in [2.24, 2.45) is 0 Å². The van der Waals surface area contributed by atoms with E-state index in [1.165, 1.54) is 0 Å². The van der Waals surface area contributed by atoms with Gasteiger partial charge in [0.15, 0.2) is 5.78 Å². The van der Waals surface area contributed by atoms with Crippen LogP contribution in [0.1, 0.15) is 53.8 Å². The van der Waals surface area contributed by atoms with Gasteiger partial charge in [-0.3, -0.25) is 14.4 Å². The van der Waals surface area contributed by atoms with Crippen molar-refractivity contribution in [2.45, 2.75) is 33.1 Å². The first-order valence-electron chi connectivity index (χ1n) is 9.47. The van der Waals surface area contributed by atoms with E-state index in [9.17, 15) is 14.4 Å². The van der Waals surface area contributed by atoms with Crippen LogP contribution >= 0.6 is 0 Å². The maximum absolute atomic E-state index is 12.3. The van der Waals surface area contributed by atoms with Crippen LogP contribution in [0.4, 0.5) is 5.69 Å². The smallest absolute Gasteiger partial charge is 0.251 e. The average Bonchev–Trinajstić information content (AvgIpc) is 2.71. The van der Waals surface area contributed by atoms with Gasteiger partial charge < -0.3 is 15.4 Å². The maximum atomic E-state index is 12.3. The molecule has 28 heavy (non-hydrogen) atoms. The van der Waals surface area contributed by atoms with Crippen LogP contribution in [0, 0.1) is 0 Å². The minimum Gasteiger partial charge on any atom is -0.494 e. The Kier molecular flexibility index (Phi) is 8.21. The number of hydrogen-bond acceptors (Lipinski definition) is 4. The molecule has 2 N–H and O–H groups in total. The van der Waals surface area contributed by atoms with Crippen LogP contribution in [0.25, 0.3) is 0 Å². The average molecular weight is 382 g/mol. The highest BCUT2D eigenvalue weighted by molar-refractivity contribution is 6.01. The number of carbonyl (C=O) groups is 3. The summed E-state index contributed by atoms with van der Waals surface area (Å²) in [6, 6.07) is 13.6. The van der Waals surface area contributed by atoms with Gasteiger partial charge in [0.05, 0.1) is 6.61 Å². The Morgan fingerprint density at radius 1 is 0.929 bits per heavy atom. The SMILES string of the molecule is CCCOc1ccc(C(=O)CCC(=O)Nc2cccc(C(=O)NCC)c2)cc1. The number of Topliss-reactive ketones (excluding diaryl/α,β-unsaturated/α-hetero) is 1. The zero-order valence-electron chi connectivity index (χ0n) is 16.3. The number of ketones is 1. The van der Waals surface area contributed by atoms with Gasteiger partial charge in [-0.2, -0.15) is 0 Å². The fourth-order valence-electron chi connectivity index (χ4n) is 2.55. The summed E-state index contributed by atoms with van der Waals surface area (Å²) >= 11 is 0. The summed E-state index contributed by atoms with van der Waals surface area (Å²) in [6.07, 6.45) is 1.09. The van der Waals surface area contributed by atoms with E-state index < -0.39 is 0 Å². The number of benzene rings is 2.